The van der Waals surface area contributed by atoms with Gasteiger partial charge in [-0.1, -0.05) is 23.8 Å². The van der Waals surface area contributed by atoms with Crippen LogP contribution in [0.3, 0.4) is 0 Å². The quantitative estimate of drug-likeness (QED) is 0.816. The molecule has 0 saturated heterocycles. The number of carbonyl (C=O) groups is 2. The first-order valence-corrected chi connectivity index (χ1v) is 4.78. The second-order valence-electron chi connectivity index (χ2n) is 3.78. The van der Waals surface area contributed by atoms with Crippen LogP contribution in [-0.2, 0) is 22.4 Å². The largest absolute Gasteiger partial charge is 0.481 e. The van der Waals surface area contributed by atoms with Crippen LogP contribution >= 0.6 is 0 Å². The molecule has 0 atom stereocenters. The molecule has 0 radical (unpaired) electrons. The van der Waals surface area contributed by atoms with Crippen LogP contribution in [0.5, 0.6) is 0 Å². The number of hydrogen-bond donors (Lipinski definition) is 1. The summed E-state index contributed by atoms with van der Waals surface area (Å²) >= 11 is 0. The Bertz CT molecular complexity index is 360. The molecule has 0 spiro atoms. The lowest BCUT2D eigenvalue weighted by molar-refractivity contribution is -0.136. The number of benzene rings is 1. The van der Waals surface area contributed by atoms with Gasteiger partial charge < -0.3 is 5.11 Å². The molecule has 1 N–H and O–H groups in total. The minimum Gasteiger partial charge on any atom is -0.481 e. The van der Waals surface area contributed by atoms with Crippen molar-refractivity contribution in [3.63, 3.8) is 0 Å². The summed E-state index contributed by atoms with van der Waals surface area (Å²) in [6, 6.07) is 5.52. The summed E-state index contributed by atoms with van der Waals surface area (Å²) in [4.78, 5) is 21.5. The van der Waals surface area contributed by atoms with Crippen LogP contribution in [0.4, 0.5) is 0 Å². The van der Waals surface area contributed by atoms with E-state index in [0.717, 1.165) is 16.7 Å². The highest BCUT2D eigenvalue weighted by Gasteiger charge is 2.04. The number of hydrogen-bond acceptors (Lipinski definition) is 2. The molecule has 0 bridgehead atoms. The molecule has 0 saturated carbocycles. The van der Waals surface area contributed by atoms with Crippen LogP contribution in [0.1, 0.15) is 23.6 Å². The third-order valence-electron chi connectivity index (χ3n) is 2.01. The molecule has 0 aliphatic carbocycles. The normalized spacial score (nSPS) is 10.0. The van der Waals surface area contributed by atoms with Crippen LogP contribution in [0, 0.1) is 6.92 Å². The van der Waals surface area contributed by atoms with Crippen LogP contribution < -0.4 is 0 Å². The third kappa shape index (κ3) is 3.94. The minimum absolute atomic E-state index is 0.00653. The first kappa shape index (κ1) is 11.4. The fraction of sp³-hybridized carbons (Fsp3) is 0.333. The van der Waals surface area contributed by atoms with E-state index in [1.165, 1.54) is 6.92 Å². The fourth-order valence-corrected chi connectivity index (χ4v) is 1.61. The van der Waals surface area contributed by atoms with E-state index in [0.29, 0.717) is 6.42 Å². The Morgan fingerprint density at radius 3 is 2.13 bits per heavy atom. The number of carboxylic acids is 1. The fourth-order valence-electron chi connectivity index (χ4n) is 1.61. The number of rotatable bonds is 4. The van der Waals surface area contributed by atoms with Gasteiger partial charge in [0.05, 0.1) is 6.42 Å². The number of carboxylic acid groups (broad SMARTS) is 1. The Morgan fingerprint density at radius 2 is 1.67 bits per heavy atom. The monoisotopic (exact) mass is 206 g/mol. The number of carbonyl (C=O) groups excluding carboxylic acids is 1. The van der Waals surface area contributed by atoms with Gasteiger partial charge in [0.25, 0.3) is 0 Å². The molecule has 15 heavy (non-hydrogen) atoms. The second kappa shape index (κ2) is 4.73. The predicted molar refractivity (Wildman–Crippen MR) is 56.9 cm³/mol. The van der Waals surface area contributed by atoms with Crippen molar-refractivity contribution >= 4 is 11.8 Å². The molecule has 0 aliphatic heterocycles. The van der Waals surface area contributed by atoms with E-state index in [2.05, 4.69) is 0 Å². The zero-order valence-electron chi connectivity index (χ0n) is 8.91. The summed E-state index contributed by atoms with van der Waals surface area (Å²) in [6.07, 6.45) is 0.376. The first-order chi connectivity index (χ1) is 6.97. The zero-order valence-corrected chi connectivity index (χ0v) is 8.91. The first-order valence-electron chi connectivity index (χ1n) is 4.78. The number of aliphatic carboxylic acids is 1. The molecule has 1 aromatic carbocycles. The zero-order chi connectivity index (χ0) is 11.4. The summed E-state index contributed by atoms with van der Waals surface area (Å²) in [5.41, 5.74) is 2.63. The maximum Gasteiger partial charge on any atom is 0.307 e. The van der Waals surface area contributed by atoms with E-state index in [4.69, 9.17) is 5.11 Å². The molecule has 0 heterocycles. The molecule has 0 aromatic heterocycles. The van der Waals surface area contributed by atoms with E-state index in [1.54, 1.807) is 6.07 Å². The van der Waals surface area contributed by atoms with Gasteiger partial charge in [-0.05, 0) is 25.0 Å². The Labute approximate surface area is 88.7 Å². The van der Waals surface area contributed by atoms with Crippen molar-refractivity contribution in [1.29, 1.82) is 0 Å². The number of Topliss-reactive ketones (excluding diaryl/α,β-unsaturated/α-hetero) is 1. The summed E-state index contributed by atoms with van der Waals surface area (Å²) in [5.74, 6) is -0.767. The van der Waals surface area contributed by atoms with Crippen molar-refractivity contribution in [3.05, 3.63) is 34.9 Å². The van der Waals surface area contributed by atoms with Crippen molar-refractivity contribution in [1.82, 2.24) is 0 Å². The standard InChI is InChI=1S/C12H14O3/c1-8-3-10(5-9(2)13)6-11(4-8)7-12(14)15/h3-4,6H,5,7H2,1-2H3,(H,14,15). The molecule has 0 aliphatic rings. The topological polar surface area (TPSA) is 54.4 Å². The van der Waals surface area contributed by atoms with Gasteiger partial charge in [-0.15, -0.1) is 0 Å². The molecule has 3 heteroatoms. The van der Waals surface area contributed by atoms with Gasteiger partial charge in [-0.25, -0.2) is 0 Å². The molecule has 0 unspecified atom stereocenters. The summed E-state index contributed by atoms with van der Waals surface area (Å²) in [6.45, 7) is 3.42. The Balaban J connectivity index is 2.94. The highest BCUT2D eigenvalue weighted by atomic mass is 16.4. The summed E-state index contributed by atoms with van der Waals surface area (Å²) in [5, 5.41) is 8.66. The molecular weight excluding hydrogens is 192 g/mol. The third-order valence-corrected chi connectivity index (χ3v) is 2.01. The van der Waals surface area contributed by atoms with E-state index in [1.807, 2.05) is 19.1 Å². The van der Waals surface area contributed by atoms with Crippen molar-refractivity contribution in [3.8, 4) is 0 Å². The van der Waals surface area contributed by atoms with Gasteiger partial charge in [0.2, 0.25) is 0 Å². The van der Waals surface area contributed by atoms with Crippen LogP contribution in [0.25, 0.3) is 0 Å². The van der Waals surface area contributed by atoms with Crippen LogP contribution in [0.2, 0.25) is 0 Å². The van der Waals surface area contributed by atoms with E-state index >= 15 is 0 Å². The van der Waals surface area contributed by atoms with Gasteiger partial charge >= 0.3 is 5.97 Å². The van der Waals surface area contributed by atoms with Crippen molar-refractivity contribution < 1.29 is 14.7 Å². The van der Waals surface area contributed by atoms with E-state index in [-0.39, 0.29) is 12.2 Å². The number of ketones is 1. The SMILES string of the molecule is CC(=O)Cc1cc(C)cc(CC(=O)O)c1. The van der Waals surface area contributed by atoms with Crippen molar-refractivity contribution in [2.45, 2.75) is 26.7 Å². The second-order valence-corrected chi connectivity index (χ2v) is 3.78. The molecule has 3 nitrogen and oxygen atoms in total. The molecule has 80 valence electrons. The molecule has 0 amide bonds. The average molecular weight is 206 g/mol. The van der Waals surface area contributed by atoms with Gasteiger partial charge in [-0.3, -0.25) is 9.59 Å². The van der Waals surface area contributed by atoms with Gasteiger partial charge in [0.15, 0.2) is 0 Å². The van der Waals surface area contributed by atoms with E-state index < -0.39 is 5.97 Å². The maximum atomic E-state index is 10.9. The van der Waals surface area contributed by atoms with Crippen molar-refractivity contribution in [2.75, 3.05) is 0 Å². The average Bonchev–Trinajstić information content (AvgIpc) is 1.98. The Hall–Kier alpha value is -1.64. The van der Waals surface area contributed by atoms with E-state index in [9.17, 15) is 9.59 Å². The number of aryl methyl sites for hydroxylation is 1. The predicted octanol–water partition coefficient (Wildman–Crippen LogP) is 1.75. The summed E-state index contributed by atoms with van der Waals surface area (Å²) in [7, 11) is 0. The highest BCUT2D eigenvalue weighted by Crippen LogP contribution is 2.11. The Kier molecular flexibility index (Phi) is 3.61. The molecular formula is C12H14O3. The minimum atomic E-state index is -0.852. The van der Waals surface area contributed by atoms with Gasteiger partial charge in [0, 0.05) is 6.42 Å². The lowest BCUT2D eigenvalue weighted by atomic mass is 10.0. The van der Waals surface area contributed by atoms with Crippen LogP contribution in [0.15, 0.2) is 18.2 Å². The Morgan fingerprint density at radius 1 is 1.13 bits per heavy atom. The summed E-state index contributed by atoms with van der Waals surface area (Å²) < 4.78 is 0. The molecule has 1 rings (SSSR count). The lowest BCUT2D eigenvalue weighted by Crippen LogP contribution is -2.03. The maximum absolute atomic E-state index is 10.9. The van der Waals surface area contributed by atoms with Crippen molar-refractivity contribution in [2.24, 2.45) is 0 Å². The van der Waals surface area contributed by atoms with Crippen LogP contribution in [-0.4, -0.2) is 16.9 Å². The van der Waals surface area contributed by atoms with Gasteiger partial charge in [0.1, 0.15) is 5.78 Å². The smallest absolute Gasteiger partial charge is 0.307 e. The highest BCUT2D eigenvalue weighted by molar-refractivity contribution is 5.78. The molecule has 0 fully saturated rings. The molecule has 1 aromatic rings. The van der Waals surface area contributed by atoms with Gasteiger partial charge in [-0.2, -0.15) is 0 Å². The lowest BCUT2D eigenvalue weighted by Gasteiger charge is -2.04.